The van der Waals surface area contributed by atoms with Gasteiger partial charge in [0.2, 0.25) is 0 Å². The molecule has 2 aromatic rings. The molecule has 0 bridgehead atoms. The normalized spacial score (nSPS) is 11.3. The summed E-state index contributed by atoms with van der Waals surface area (Å²) in [5.74, 6) is -1.67. The van der Waals surface area contributed by atoms with Gasteiger partial charge in [-0.05, 0) is 62.7 Å². The third-order valence-corrected chi connectivity index (χ3v) is 3.94. The predicted octanol–water partition coefficient (Wildman–Crippen LogP) is 2.83. The number of carbonyl (C=O) groups is 3. The highest BCUT2D eigenvalue weighted by Gasteiger charge is 2.19. The lowest BCUT2D eigenvalue weighted by Crippen LogP contribution is -2.35. The summed E-state index contributed by atoms with van der Waals surface area (Å²) >= 11 is 0. The average molecular weight is 402 g/mol. The van der Waals surface area contributed by atoms with Crippen molar-refractivity contribution in [1.29, 1.82) is 0 Å². The number of ether oxygens (including phenoxy) is 2. The summed E-state index contributed by atoms with van der Waals surface area (Å²) in [7, 11) is 0. The molecule has 0 heterocycles. The van der Waals surface area contributed by atoms with Crippen LogP contribution in [0.1, 0.15) is 29.8 Å². The minimum absolute atomic E-state index is 0.254. The molecule has 2 aromatic carbocycles. The third-order valence-electron chi connectivity index (χ3n) is 3.94. The van der Waals surface area contributed by atoms with Gasteiger partial charge in [-0.3, -0.25) is 14.4 Å². The van der Waals surface area contributed by atoms with Gasteiger partial charge in [0.1, 0.15) is 18.1 Å². The molecular weight excluding hydrogens is 379 g/mol. The van der Waals surface area contributed by atoms with E-state index < -0.39 is 36.2 Å². The van der Waals surface area contributed by atoms with E-state index in [-0.39, 0.29) is 5.69 Å². The van der Waals surface area contributed by atoms with Crippen molar-refractivity contribution in [3.05, 3.63) is 59.4 Å². The smallest absolute Gasteiger partial charge is 0.326 e. The molecule has 0 unspecified atom stereocenters. The Kier molecular flexibility index (Phi) is 7.70. The van der Waals surface area contributed by atoms with E-state index in [0.717, 1.165) is 0 Å². The summed E-state index contributed by atoms with van der Waals surface area (Å²) in [6.07, 6.45) is -1.12. The zero-order chi connectivity index (χ0) is 21.4. The summed E-state index contributed by atoms with van der Waals surface area (Å²) in [5.41, 5.74) is 1.06. The summed E-state index contributed by atoms with van der Waals surface area (Å²) in [6, 6.07) is 10.7. The van der Waals surface area contributed by atoms with Crippen molar-refractivity contribution in [2.75, 3.05) is 18.5 Å². The van der Waals surface area contributed by atoms with Crippen LogP contribution in [0.3, 0.4) is 0 Å². The molecular formula is C21H23FN2O5. The maximum absolute atomic E-state index is 13.5. The molecule has 0 saturated heterocycles. The van der Waals surface area contributed by atoms with E-state index in [1.54, 1.807) is 37.3 Å². The van der Waals surface area contributed by atoms with Gasteiger partial charge in [-0.2, -0.15) is 0 Å². The second-order valence-electron chi connectivity index (χ2n) is 6.23. The molecule has 1 atom stereocenters. The van der Waals surface area contributed by atoms with Gasteiger partial charge in [-0.1, -0.05) is 6.07 Å². The van der Waals surface area contributed by atoms with Crippen LogP contribution in [0.15, 0.2) is 42.5 Å². The zero-order valence-corrected chi connectivity index (χ0v) is 16.5. The number of halogens is 1. The van der Waals surface area contributed by atoms with Crippen molar-refractivity contribution in [3.8, 4) is 5.75 Å². The van der Waals surface area contributed by atoms with E-state index >= 15 is 0 Å². The number of hydrogen-bond donors (Lipinski definition) is 2. The molecule has 2 rings (SSSR count). The van der Waals surface area contributed by atoms with E-state index in [1.807, 2.05) is 6.92 Å². The first-order valence-electron chi connectivity index (χ1n) is 9.07. The minimum Gasteiger partial charge on any atom is -0.494 e. The van der Waals surface area contributed by atoms with Crippen molar-refractivity contribution >= 4 is 23.5 Å². The second-order valence-corrected chi connectivity index (χ2v) is 6.23. The van der Waals surface area contributed by atoms with Crippen LogP contribution >= 0.6 is 0 Å². The quantitative estimate of drug-likeness (QED) is 0.663. The monoisotopic (exact) mass is 402 g/mol. The number of rotatable bonds is 8. The number of nitrogens with one attached hydrogen (secondary N) is 2. The molecule has 0 saturated carbocycles. The molecule has 154 valence electrons. The first-order chi connectivity index (χ1) is 13.8. The van der Waals surface area contributed by atoms with E-state index in [1.165, 1.54) is 19.1 Å². The molecule has 0 radical (unpaired) electrons. The van der Waals surface area contributed by atoms with Gasteiger partial charge >= 0.3 is 5.97 Å². The topological polar surface area (TPSA) is 93.7 Å². The molecule has 2 amide bonds. The van der Waals surface area contributed by atoms with E-state index in [9.17, 15) is 18.8 Å². The Bertz CT molecular complexity index is 883. The third kappa shape index (κ3) is 6.60. The van der Waals surface area contributed by atoms with Crippen LogP contribution in [-0.4, -0.2) is 37.0 Å². The van der Waals surface area contributed by atoms with Crippen molar-refractivity contribution in [3.63, 3.8) is 0 Å². The number of carbonyl (C=O) groups excluding carboxylic acids is 3. The lowest BCUT2D eigenvalue weighted by atomic mass is 10.2. The highest BCUT2D eigenvalue weighted by molar-refractivity contribution is 5.97. The average Bonchev–Trinajstić information content (AvgIpc) is 2.69. The highest BCUT2D eigenvalue weighted by Crippen LogP contribution is 2.14. The van der Waals surface area contributed by atoms with E-state index in [4.69, 9.17) is 9.47 Å². The molecule has 0 spiro atoms. The van der Waals surface area contributed by atoms with Crippen LogP contribution in [0, 0.1) is 12.7 Å². The maximum atomic E-state index is 13.5. The van der Waals surface area contributed by atoms with Crippen LogP contribution in [-0.2, 0) is 14.3 Å². The Labute approximate surface area is 168 Å². The molecule has 29 heavy (non-hydrogen) atoms. The molecule has 0 aliphatic heterocycles. The Morgan fingerprint density at radius 3 is 2.41 bits per heavy atom. The number of anilines is 1. The van der Waals surface area contributed by atoms with Crippen molar-refractivity contribution in [2.24, 2.45) is 0 Å². The lowest BCUT2D eigenvalue weighted by Gasteiger charge is -2.14. The fraction of sp³-hybridized carbons (Fsp3) is 0.286. The fourth-order valence-corrected chi connectivity index (χ4v) is 2.33. The molecule has 0 aliphatic carbocycles. The summed E-state index contributed by atoms with van der Waals surface area (Å²) < 4.78 is 23.8. The van der Waals surface area contributed by atoms with E-state index in [2.05, 4.69) is 10.6 Å². The first kappa shape index (κ1) is 21.9. The standard InChI is InChI=1S/C21H23FN2O5/c1-4-28-17-9-6-15(7-10-17)21(27)23-12-19(25)29-14(3)20(26)24-16-8-5-13(2)18(22)11-16/h5-11,14H,4,12H2,1-3H3,(H,23,27)(H,24,26)/t14-/m1/s1. The summed E-state index contributed by atoms with van der Waals surface area (Å²) in [6.45, 7) is 4.95. The van der Waals surface area contributed by atoms with Gasteiger partial charge in [-0.15, -0.1) is 0 Å². The number of aryl methyl sites for hydroxylation is 1. The first-order valence-corrected chi connectivity index (χ1v) is 9.07. The molecule has 2 N–H and O–H groups in total. The molecule has 0 aromatic heterocycles. The van der Waals surface area contributed by atoms with Crippen LogP contribution < -0.4 is 15.4 Å². The number of benzene rings is 2. The Morgan fingerprint density at radius 1 is 1.10 bits per heavy atom. The number of amides is 2. The van der Waals surface area contributed by atoms with Crippen molar-refractivity contribution < 1.29 is 28.2 Å². The Morgan fingerprint density at radius 2 is 1.79 bits per heavy atom. The lowest BCUT2D eigenvalue weighted by molar-refractivity contribution is -0.152. The van der Waals surface area contributed by atoms with Gasteiger partial charge < -0.3 is 20.1 Å². The van der Waals surface area contributed by atoms with Crippen LogP contribution in [0.4, 0.5) is 10.1 Å². The number of hydrogen-bond acceptors (Lipinski definition) is 5. The number of esters is 1. The van der Waals surface area contributed by atoms with Crippen molar-refractivity contribution in [1.82, 2.24) is 5.32 Å². The van der Waals surface area contributed by atoms with Gasteiger partial charge in [0.25, 0.3) is 11.8 Å². The second kappa shape index (κ2) is 10.2. The zero-order valence-electron chi connectivity index (χ0n) is 16.5. The summed E-state index contributed by atoms with van der Waals surface area (Å²) in [5, 5.41) is 4.89. The van der Waals surface area contributed by atoms with Crippen LogP contribution in [0.25, 0.3) is 0 Å². The fourth-order valence-electron chi connectivity index (χ4n) is 2.33. The van der Waals surface area contributed by atoms with Gasteiger partial charge in [0.15, 0.2) is 6.10 Å². The van der Waals surface area contributed by atoms with E-state index in [0.29, 0.717) is 23.5 Å². The molecule has 8 heteroatoms. The van der Waals surface area contributed by atoms with Crippen LogP contribution in [0.2, 0.25) is 0 Å². The highest BCUT2D eigenvalue weighted by atomic mass is 19.1. The largest absolute Gasteiger partial charge is 0.494 e. The SMILES string of the molecule is CCOc1ccc(C(=O)NCC(=O)O[C@H](C)C(=O)Nc2ccc(C)c(F)c2)cc1. The van der Waals surface area contributed by atoms with Crippen molar-refractivity contribution in [2.45, 2.75) is 26.9 Å². The predicted molar refractivity (Wildman–Crippen MR) is 105 cm³/mol. The molecule has 0 fully saturated rings. The van der Waals surface area contributed by atoms with Crippen LogP contribution in [0.5, 0.6) is 5.75 Å². The Hall–Kier alpha value is -3.42. The van der Waals surface area contributed by atoms with Gasteiger partial charge in [0.05, 0.1) is 6.61 Å². The maximum Gasteiger partial charge on any atom is 0.326 e. The summed E-state index contributed by atoms with van der Waals surface area (Å²) in [4.78, 5) is 36.0. The van der Waals surface area contributed by atoms with Gasteiger partial charge in [-0.25, -0.2) is 4.39 Å². The minimum atomic E-state index is -1.12. The van der Waals surface area contributed by atoms with Gasteiger partial charge in [0, 0.05) is 11.3 Å². The molecule has 0 aliphatic rings. The Balaban J connectivity index is 1.80. The molecule has 7 nitrogen and oxygen atoms in total.